The van der Waals surface area contributed by atoms with E-state index in [9.17, 15) is 38.3 Å². The zero-order valence-electron chi connectivity index (χ0n) is 30.2. The van der Waals surface area contributed by atoms with Gasteiger partial charge in [-0.05, 0) is 63.8 Å². The summed E-state index contributed by atoms with van der Waals surface area (Å²) in [6.07, 6.45) is -1.48. The molecule has 6 amide bonds. The molecule has 0 aliphatic heterocycles. The van der Waals surface area contributed by atoms with Crippen LogP contribution in [0.1, 0.15) is 51.0 Å². The Morgan fingerprint density at radius 2 is 1.32 bits per heavy atom. The molecule has 0 saturated carbocycles. The van der Waals surface area contributed by atoms with Crippen LogP contribution in [-0.4, -0.2) is 121 Å². The van der Waals surface area contributed by atoms with Gasteiger partial charge in [-0.1, -0.05) is 12.1 Å². The molecule has 0 fully saturated rings. The van der Waals surface area contributed by atoms with Gasteiger partial charge in [-0.3, -0.25) is 39.6 Å². The second kappa shape index (κ2) is 23.1. The van der Waals surface area contributed by atoms with Crippen LogP contribution in [0, 0.1) is 16.6 Å². The van der Waals surface area contributed by atoms with Crippen molar-refractivity contribution in [3.05, 3.63) is 35.6 Å². The molecular weight excluding hydrogens is 697 g/mol. The number of rotatable bonds is 24. The van der Waals surface area contributed by atoms with Gasteiger partial charge < -0.3 is 64.8 Å². The number of nitrogens with zero attached hydrogens (tertiary/aromatic N) is 1. The number of hydrogen-bond acceptors (Lipinski definition) is 10. The van der Waals surface area contributed by atoms with Crippen molar-refractivity contribution >= 4 is 47.4 Å². The van der Waals surface area contributed by atoms with E-state index in [0.29, 0.717) is 5.56 Å². The highest BCUT2D eigenvalue weighted by molar-refractivity contribution is 5.96. The molecule has 17 N–H and O–H groups in total. The number of benzene rings is 1. The van der Waals surface area contributed by atoms with E-state index < -0.39 is 77.6 Å². The summed E-state index contributed by atoms with van der Waals surface area (Å²) in [5.41, 5.74) is 22.1. The number of hydrogen-bond donors (Lipinski definition) is 13. The molecule has 0 unspecified atom stereocenters. The lowest BCUT2D eigenvalue weighted by Crippen LogP contribution is -2.60. The standard InChI is InChI=1S/C32H54FN13O7/c1-17(47)25(40-2)29(52)43-20(6-4-14-41-31(36)37)27(50)44-21(12-13-24(34)48)30(53)46(3)23(7-5-15-42-32(38)39)28(51)45-22(26(35)49)16-18-8-10-19(33)11-9-18/h8-11,17,20-23,25,40,47H,4-7,12-16H2,1-3H3,(H2,34,48)(H2,35,49)(H,43,52)(H,44,50)(H,45,51)(H4,36,37,41)(H4,38,39,42)/t17-,20+,21+,22+,23+,25+/m1/s1. The van der Waals surface area contributed by atoms with Gasteiger partial charge in [-0.25, -0.2) is 4.39 Å². The second-order valence-corrected chi connectivity index (χ2v) is 12.4. The minimum absolute atomic E-state index is 0.00257. The lowest BCUT2D eigenvalue weighted by molar-refractivity contribution is -0.143. The van der Waals surface area contributed by atoms with Crippen LogP contribution < -0.4 is 54.8 Å². The minimum atomic E-state index is -1.44. The fourth-order valence-corrected chi connectivity index (χ4v) is 5.23. The van der Waals surface area contributed by atoms with Gasteiger partial charge in [-0.15, -0.1) is 0 Å². The van der Waals surface area contributed by atoms with Gasteiger partial charge in [0.2, 0.25) is 35.4 Å². The van der Waals surface area contributed by atoms with Gasteiger partial charge >= 0.3 is 0 Å². The Morgan fingerprint density at radius 1 is 0.792 bits per heavy atom. The molecule has 0 heterocycles. The summed E-state index contributed by atoms with van der Waals surface area (Å²) >= 11 is 0. The number of primary amides is 2. The maximum atomic E-state index is 14.0. The third-order valence-corrected chi connectivity index (χ3v) is 8.09. The van der Waals surface area contributed by atoms with Crippen LogP contribution in [-0.2, 0) is 35.2 Å². The topological polar surface area (TPSA) is 350 Å². The Bertz CT molecular complexity index is 1430. The average Bonchev–Trinajstić information content (AvgIpc) is 3.07. The van der Waals surface area contributed by atoms with Crippen molar-refractivity contribution in [3.63, 3.8) is 0 Å². The van der Waals surface area contributed by atoms with Crippen molar-refractivity contribution in [1.82, 2.24) is 36.8 Å². The number of likely N-dealkylation sites (N-methyl/N-ethyl adjacent to an activating group) is 2. The largest absolute Gasteiger partial charge is 0.391 e. The molecule has 0 bridgehead atoms. The molecule has 1 aromatic carbocycles. The van der Waals surface area contributed by atoms with E-state index in [0.717, 1.165) is 4.90 Å². The smallest absolute Gasteiger partial charge is 0.245 e. The van der Waals surface area contributed by atoms with Crippen LogP contribution in [0.5, 0.6) is 0 Å². The summed E-state index contributed by atoms with van der Waals surface area (Å²) in [6, 6.07) is -1.15. The molecule has 1 rings (SSSR count). The number of guanidine groups is 2. The van der Waals surface area contributed by atoms with Gasteiger partial charge in [0.15, 0.2) is 11.9 Å². The summed E-state index contributed by atoms with van der Waals surface area (Å²) in [5, 5.41) is 40.2. The zero-order chi connectivity index (χ0) is 40.2. The third-order valence-electron chi connectivity index (χ3n) is 8.09. The lowest BCUT2D eigenvalue weighted by Gasteiger charge is -2.32. The summed E-state index contributed by atoms with van der Waals surface area (Å²) < 4.78 is 13.5. The molecular formula is C32H54FN13O7. The van der Waals surface area contributed by atoms with Crippen LogP contribution in [0.25, 0.3) is 0 Å². The molecule has 6 atom stereocenters. The quantitative estimate of drug-likeness (QED) is 0.0272. The maximum Gasteiger partial charge on any atom is 0.245 e. The van der Waals surface area contributed by atoms with Gasteiger partial charge in [0.25, 0.3) is 0 Å². The van der Waals surface area contributed by atoms with E-state index in [1.54, 1.807) is 0 Å². The molecule has 21 heteroatoms. The van der Waals surface area contributed by atoms with Crippen molar-refractivity contribution in [1.29, 1.82) is 10.8 Å². The number of halogens is 1. The second-order valence-electron chi connectivity index (χ2n) is 12.4. The average molecular weight is 752 g/mol. The number of aliphatic hydroxyl groups is 1. The number of nitrogens with two attached hydrogens (primary N) is 4. The maximum absolute atomic E-state index is 14.0. The lowest BCUT2D eigenvalue weighted by atomic mass is 10.0. The van der Waals surface area contributed by atoms with E-state index in [1.165, 1.54) is 45.3 Å². The molecule has 0 aliphatic rings. The predicted octanol–water partition coefficient (Wildman–Crippen LogP) is -4.10. The third kappa shape index (κ3) is 17.0. The first-order valence-corrected chi connectivity index (χ1v) is 16.9. The van der Waals surface area contributed by atoms with Gasteiger partial charge in [0.05, 0.1) is 6.10 Å². The number of nitrogens with one attached hydrogen (secondary N) is 8. The Hall–Kier alpha value is -5.57. The molecule has 0 saturated heterocycles. The fourth-order valence-electron chi connectivity index (χ4n) is 5.23. The Kier molecular flexibility index (Phi) is 19.8. The first-order valence-electron chi connectivity index (χ1n) is 16.9. The molecule has 0 spiro atoms. The minimum Gasteiger partial charge on any atom is -0.391 e. The van der Waals surface area contributed by atoms with Gasteiger partial charge in [0.1, 0.15) is 36.0 Å². The van der Waals surface area contributed by atoms with Crippen LogP contribution in [0.4, 0.5) is 4.39 Å². The van der Waals surface area contributed by atoms with E-state index >= 15 is 0 Å². The summed E-state index contributed by atoms with van der Waals surface area (Å²) in [7, 11) is 2.72. The number of aliphatic hydroxyl groups excluding tert-OH is 1. The van der Waals surface area contributed by atoms with E-state index in [2.05, 4.69) is 31.9 Å². The molecule has 0 radical (unpaired) electrons. The number of carbonyl (C=O) groups excluding carboxylic acids is 6. The summed E-state index contributed by atoms with van der Waals surface area (Å²) in [6.45, 7) is 1.67. The number of carbonyl (C=O) groups is 6. The van der Waals surface area contributed by atoms with E-state index in [4.69, 9.17) is 33.8 Å². The predicted molar refractivity (Wildman–Crippen MR) is 193 cm³/mol. The summed E-state index contributed by atoms with van der Waals surface area (Å²) in [4.78, 5) is 79.6. The highest BCUT2D eigenvalue weighted by atomic mass is 19.1. The number of amides is 6. The van der Waals surface area contributed by atoms with E-state index in [-0.39, 0.29) is 70.0 Å². The summed E-state index contributed by atoms with van der Waals surface area (Å²) in [5.74, 6) is -6.02. The van der Waals surface area contributed by atoms with Crippen molar-refractivity contribution in [2.75, 3.05) is 27.2 Å². The fraction of sp³-hybridized carbons (Fsp3) is 0.562. The Balaban J connectivity index is 3.40. The highest BCUT2D eigenvalue weighted by Gasteiger charge is 2.35. The molecule has 0 aromatic heterocycles. The Labute approximate surface area is 307 Å². The van der Waals surface area contributed by atoms with Crippen molar-refractivity contribution in [2.24, 2.45) is 22.9 Å². The van der Waals surface area contributed by atoms with Crippen LogP contribution in [0.2, 0.25) is 0 Å². The molecule has 20 nitrogen and oxygen atoms in total. The zero-order valence-corrected chi connectivity index (χ0v) is 30.2. The normalized spacial score (nSPS) is 14.2. The Morgan fingerprint density at radius 3 is 1.81 bits per heavy atom. The van der Waals surface area contributed by atoms with E-state index in [1.807, 2.05) is 0 Å². The van der Waals surface area contributed by atoms with Crippen LogP contribution >= 0.6 is 0 Å². The molecule has 0 aliphatic carbocycles. The SMILES string of the molecule is CN[C@H](C(=O)N[C@@H](CCCNC(=N)N)C(=O)N[C@@H](CCC(N)=O)C(=O)N(C)[C@@H](CCCNC(=N)N)C(=O)N[C@@H](Cc1ccc(F)cc1)C(N)=O)[C@@H](C)O. The van der Waals surface area contributed by atoms with Crippen molar-refractivity contribution < 1.29 is 38.3 Å². The van der Waals surface area contributed by atoms with Gasteiger partial charge in [-0.2, -0.15) is 0 Å². The van der Waals surface area contributed by atoms with Crippen molar-refractivity contribution in [3.8, 4) is 0 Å². The molecule has 1 aromatic rings. The highest BCUT2D eigenvalue weighted by Crippen LogP contribution is 2.13. The van der Waals surface area contributed by atoms with Crippen LogP contribution in [0.3, 0.4) is 0 Å². The first kappa shape index (κ1) is 45.5. The molecule has 296 valence electrons. The monoisotopic (exact) mass is 751 g/mol. The van der Waals surface area contributed by atoms with Crippen LogP contribution in [0.15, 0.2) is 24.3 Å². The van der Waals surface area contributed by atoms with Crippen molar-refractivity contribution in [2.45, 2.75) is 88.2 Å². The first-order chi connectivity index (χ1) is 24.9. The molecule has 53 heavy (non-hydrogen) atoms. The van der Waals surface area contributed by atoms with Gasteiger partial charge in [0, 0.05) is 33.0 Å².